The van der Waals surface area contributed by atoms with E-state index in [4.69, 9.17) is 9.47 Å². The molecule has 0 bridgehead atoms. The van der Waals surface area contributed by atoms with Crippen LogP contribution in [0.5, 0.6) is 11.5 Å². The molecule has 0 aliphatic carbocycles. The van der Waals surface area contributed by atoms with Crippen LogP contribution in [0.4, 0.5) is 0 Å². The fourth-order valence-corrected chi connectivity index (χ4v) is 4.05. The first-order chi connectivity index (χ1) is 13.6. The summed E-state index contributed by atoms with van der Waals surface area (Å²) in [6.45, 7) is 1.70. The van der Waals surface area contributed by atoms with Gasteiger partial charge >= 0.3 is 0 Å². The second-order valence-corrected chi connectivity index (χ2v) is 7.22. The molecule has 4 rings (SSSR count). The topological polar surface area (TPSA) is 59.1 Å². The summed E-state index contributed by atoms with van der Waals surface area (Å²) in [4.78, 5) is 29.0. The van der Waals surface area contributed by atoms with Gasteiger partial charge in [0.05, 0.1) is 33.2 Å². The highest BCUT2D eigenvalue weighted by Gasteiger charge is 2.42. The molecular formula is C22H24N2O4. The second kappa shape index (κ2) is 7.64. The average Bonchev–Trinajstić information content (AvgIpc) is 3.01. The lowest BCUT2D eigenvalue weighted by atomic mass is 9.97. The number of nitrogens with zero attached hydrogens (tertiary/aromatic N) is 2. The maximum Gasteiger partial charge on any atom is 0.247 e. The largest absolute Gasteiger partial charge is 0.493 e. The van der Waals surface area contributed by atoms with Crippen LogP contribution in [0.3, 0.4) is 0 Å². The summed E-state index contributed by atoms with van der Waals surface area (Å²) in [5, 5.41) is 0. The molecule has 2 aromatic rings. The van der Waals surface area contributed by atoms with Gasteiger partial charge in [0.25, 0.3) is 0 Å². The smallest absolute Gasteiger partial charge is 0.247 e. The number of carbonyl (C=O) groups excluding carboxylic acids is 2. The molecule has 0 radical (unpaired) electrons. The minimum atomic E-state index is -0.391. The number of hydrogen-bond acceptors (Lipinski definition) is 5. The van der Waals surface area contributed by atoms with E-state index in [1.54, 1.807) is 14.2 Å². The molecule has 2 aliphatic heterocycles. The summed E-state index contributed by atoms with van der Waals surface area (Å²) in [6.07, 6.45) is 1.06. The van der Waals surface area contributed by atoms with Gasteiger partial charge in [-0.05, 0) is 35.2 Å². The number of imide groups is 1. The SMILES string of the molecule is COc1cc2c(cc1OC)CN([C@H]1CC(=O)N(Cc3ccccc3)C1=O)CC2. The third-order valence-corrected chi connectivity index (χ3v) is 5.59. The molecule has 6 heteroatoms. The van der Waals surface area contributed by atoms with E-state index >= 15 is 0 Å². The maximum absolute atomic E-state index is 13.0. The Kier molecular flexibility index (Phi) is 5.05. The van der Waals surface area contributed by atoms with Crippen LogP contribution < -0.4 is 9.47 Å². The Morgan fingerprint density at radius 2 is 1.68 bits per heavy atom. The van der Waals surface area contributed by atoms with Gasteiger partial charge in [0.15, 0.2) is 11.5 Å². The molecule has 0 unspecified atom stereocenters. The minimum Gasteiger partial charge on any atom is -0.493 e. The summed E-state index contributed by atoms with van der Waals surface area (Å²) in [5.41, 5.74) is 3.28. The van der Waals surface area contributed by atoms with E-state index in [0.717, 1.165) is 29.8 Å². The number of carbonyl (C=O) groups is 2. The van der Waals surface area contributed by atoms with Gasteiger partial charge in [-0.3, -0.25) is 19.4 Å². The molecule has 0 spiro atoms. The number of amides is 2. The van der Waals surface area contributed by atoms with E-state index in [9.17, 15) is 9.59 Å². The van der Waals surface area contributed by atoms with Crippen LogP contribution in [-0.4, -0.2) is 48.4 Å². The van der Waals surface area contributed by atoms with E-state index < -0.39 is 6.04 Å². The molecular weight excluding hydrogens is 356 g/mol. The van der Waals surface area contributed by atoms with E-state index in [1.807, 2.05) is 42.5 Å². The maximum atomic E-state index is 13.0. The summed E-state index contributed by atoms with van der Waals surface area (Å²) in [7, 11) is 3.25. The predicted molar refractivity (Wildman–Crippen MR) is 104 cm³/mol. The molecule has 28 heavy (non-hydrogen) atoms. The quantitative estimate of drug-likeness (QED) is 0.746. The van der Waals surface area contributed by atoms with E-state index in [2.05, 4.69) is 4.90 Å². The van der Waals surface area contributed by atoms with Crippen molar-refractivity contribution in [1.29, 1.82) is 0 Å². The van der Waals surface area contributed by atoms with E-state index in [-0.39, 0.29) is 18.2 Å². The van der Waals surface area contributed by atoms with Crippen LogP contribution in [-0.2, 0) is 29.1 Å². The number of ether oxygens (including phenoxy) is 2. The lowest BCUT2D eigenvalue weighted by molar-refractivity contribution is -0.140. The fourth-order valence-electron chi connectivity index (χ4n) is 4.05. The molecule has 146 valence electrons. The standard InChI is InChI=1S/C22H24N2O4/c1-27-19-10-16-8-9-23(14-17(16)11-20(19)28-2)18-12-21(25)24(22(18)26)13-15-6-4-3-5-7-15/h3-7,10-11,18H,8-9,12-14H2,1-2H3/t18-/m0/s1. The van der Waals surface area contributed by atoms with Crippen molar-refractivity contribution in [2.75, 3.05) is 20.8 Å². The molecule has 2 amide bonds. The first-order valence-electron chi connectivity index (χ1n) is 9.46. The summed E-state index contributed by atoms with van der Waals surface area (Å²) in [6, 6.07) is 13.2. The fraction of sp³-hybridized carbons (Fsp3) is 0.364. The Hall–Kier alpha value is -2.86. The van der Waals surface area contributed by atoms with Crippen LogP contribution >= 0.6 is 0 Å². The molecule has 6 nitrogen and oxygen atoms in total. The first kappa shape index (κ1) is 18.5. The zero-order valence-electron chi connectivity index (χ0n) is 16.2. The van der Waals surface area contributed by atoms with Gasteiger partial charge in [0, 0.05) is 13.1 Å². The van der Waals surface area contributed by atoms with Gasteiger partial charge in [-0.2, -0.15) is 0 Å². The lowest BCUT2D eigenvalue weighted by Gasteiger charge is -2.32. The number of likely N-dealkylation sites (tertiary alicyclic amines) is 1. The Balaban J connectivity index is 1.51. The predicted octanol–water partition coefficient (Wildman–Crippen LogP) is 2.39. The highest BCUT2D eigenvalue weighted by molar-refractivity contribution is 6.05. The van der Waals surface area contributed by atoms with Gasteiger partial charge in [-0.15, -0.1) is 0 Å². The Labute approximate surface area is 164 Å². The molecule has 2 aromatic carbocycles. The van der Waals surface area contributed by atoms with Crippen molar-refractivity contribution in [2.45, 2.75) is 32.0 Å². The molecule has 1 fully saturated rings. The summed E-state index contributed by atoms with van der Waals surface area (Å²) >= 11 is 0. The van der Waals surface area contributed by atoms with Crippen LogP contribution in [0.2, 0.25) is 0 Å². The Morgan fingerprint density at radius 3 is 2.36 bits per heavy atom. The number of hydrogen-bond donors (Lipinski definition) is 0. The number of benzene rings is 2. The Morgan fingerprint density at radius 1 is 1.00 bits per heavy atom. The summed E-state index contributed by atoms with van der Waals surface area (Å²) < 4.78 is 10.8. The van der Waals surface area contributed by atoms with Gasteiger partial charge < -0.3 is 9.47 Å². The van der Waals surface area contributed by atoms with Crippen molar-refractivity contribution in [1.82, 2.24) is 9.80 Å². The van der Waals surface area contributed by atoms with Crippen molar-refractivity contribution in [3.8, 4) is 11.5 Å². The van der Waals surface area contributed by atoms with Crippen molar-refractivity contribution >= 4 is 11.8 Å². The van der Waals surface area contributed by atoms with Crippen LogP contribution in [0, 0.1) is 0 Å². The molecule has 1 atom stereocenters. The van der Waals surface area contributed by atoms with Crippen molar-refractivity contribution in [3.63, 3.8) is 0 Å². The Bertz CT molecular complexity index is 897. The number of rotatable bonds is 5. The zero-order valence-corrected chi connectivity index (χ0v) is 16.2. The average molecular weight is 380 g/mol. The van der Waals surface area contributed by atoms with E-state index in [0.29, 0.717) is 18.8 Å². The van der Waals surface area contributed by atoms with Crippen LogP contribution in [0.1, 0.15) is 23.1 Å². The van der Waals surface area contributed by atoms with Crippen molar-refractivity contribution in [2.24, 2.45) is 0 Å². The first-order valence-corrected chi connectivity index (χ1v) is 9.46. The van der Waals surface area contributed by atoms with Gasteiger partial charge in [0.2, 0.25) is 11.8 Å². The van der Waals surface area contributed by atoms with Crippen LogP contribution in [0.15, 0.2) is 42.5 Å². The molecule has 0 saturated carbocycles. The molecule has 2 heterocycles. The van der Waals surface area contributed by atoms with Crippen LogP contribution in [0.25, 0.3) is 0 Å². The highest BCUT2D eigenvalue weighted by Crippen LogP contribution is 2.34. The van der Waals surface area contributed by atoms with Gasteiger partial charge in [-0.1, -0.05) is 30.3 Å². The summed E-state index contributed by atoms with van der Waals surface area (Å²) in [5.74, 6) is 1.20. The second-order valence-electron chi connectivity index (χ2n) is 7.22. The molecule has 1 saturated heterocycles. The third kappa shape index (κ3) is 3.36. The van der Waals surface area contributed by atoms with E-state index in [1.165, 1.54) is 10.5 Å². The van der Waals surface area contributed by atoms with Gasteiger partial charge in [0.1, 0.15) is 0 Å². The van der Waals surface area contributed by atoms with Crippen molar-refractivity contribution in [3.05, 3.63) is 59.2 Å². The monoisotopic (exact) mass is 380 g/mol. The highest BCUT2D eigenvalue weighted by atomic mass is 16.5. The molecule has 0 N–H and O–H groups in total. The van der Waals surface area contributed by atoms with Crippen molar-refractivity contribution < 1.29 is 19.1 Å². The normalized spacial score (nSPS) is 19.6. The third-order valence-electron chi connectivity index (χ3n) is 5.59. The zero-order chi connectivity index (χ0) is 19.7. The van der Waals surface area contributed by atoms with Gasteiger partial charge in [-0.25, -0.2) is 0 Å². The minimum absolute atomic E-state index is 0.0993. The molecule has 0 aromatic heterocycles. The number of methoxy groups -OCH3 is 2. The molecule has 2 aliphatic rings. The number of fused-ring (bicyclic) bond motifs is 1. The lowest BCUT2D eigenvalue weighted by Crippen LogP contribution is -2.44.